The fourth-order valence-electron chi connectivity index (χ4n) is 2.68. The summed E-state index contributed by atoms with van der Waals surface area (Å²) in [6.45, 7) is 0.885. The molecule has 0 saturated carbocycles. The average Bonchev–Trinajstić information content (AvgIpc) is 2.54. The summed E-state index contributed by atoms with van der Waals surface area (Å²) < 4.78 is 37.0. The molecule has 7 heteroatoms. The summed E-state index contributed by atoms with van der Waals surface area (Å²) in [7, 11) is -2.35. The summed E-state index contributed by atoms with van der Waals surface area (Å²) in [4.78, 5) is 11.9. The number of hydrogen-bond acceptors (Lipinski definition) is 5. The highest BCUT2D eigenvalue weighted by atomic mass is 32.2. The minimum Gasteiger partial charge on any atom is -0.493 e. The second-order valence-corrected chi connectivity index (χ2v) is 7.15. The topological polar surface area (TPSA) is 76.8 Å². The lowest BCUT2D eigenvalue weighted by molar-refractivity contribution is 0.345. The van der Waals surface area contributed by atoms with Gasteiger partial charge in [-0.25, -0.2) is 13.2 Å². The molecule has 0 N–H and O–H groups in total. The number of benzene rings is 1. The molecule has 3 rings (SSSR count). The van der Waals surface area contributed by atoms with Gasteiger partial charge in [0.2, 0.25) is 10.0 Å². The van der Waals surface area contributed by atoms with Crippen LogP contribution in [0, 0.1) is 0 Å². The Labute approximate surface area is 128 Å². The molecule has 0 amide bonds. The van der Waals surface area contributed by atoms with Gasteiger partial charge in [-0.15, -0.1) is 0 Å². The van der Waals surface area contributed by atoms with Gasteiger partial charge in [0.1, 0.15) is 0 Å². The van der Waals surface area contributed by atoms with Gasteiger partial charge in [0.25, 0.3) is 0 Å². The Hall–Kier alpha value is -1.86. The number of rotatable bonds is 3. The van der Waals surface area contributed by atoms with E-state index in [-0.39, 0.29) is 10.5 Å². The van der Waals surface area contributed by atoms with Crippen LogP contribution in [-0.4, -0.2) is 32.9 Å². The zero-order valence-electron chi connectivity index (χ0n) is 12.2. The van der Waals surface area contributed by atoms with Crippen molar-refractivity contribution in [2.75, 3.05) is 20.2 Å². The molecule has 1 aromatic carbocycles. The van der Waals surface area contributed by atoms with Crippen LogP contribution in [-0.2, 0) is 10.0 Å². The van der Waals surface area contributed by atoms with Gasteiger partial charge in [-0.3, -0.25) is 0 Å². The Bertz CT molecular complexity index is 850. The number of ether oxygens (including phenoxy) is 1. The number of sulfonamides is 1. The molecule has 1 aromatic heterocycles. The van der Waals surface area contributed by atoms with Crippen molar-refractivity contribution in [2.45, 2.75) is 24.2 Å². The van der Waals surface area contributed by atoms with Gasteiger partial charge in [0.15, 0.2) is 16.2 Å². The van der Waals surface area contributed by atoms with Crippen molar-refractivity contribution in [2.24, 2.45) is 0 Å². The molecule has 22 heavy (non-hydrogen) atoms. The van der Waals surface area contributed by atoms with E-state index in [1.807, 2.05) is 0 Å². The summed E-state index contributed by atoms with van der Waals surface area (Å²) in [5.41, 5.74) is -0.602. The van der Waals surface area contributed by atoms with E-state index >= 15 is 0 Å². The Balaban J connectivity index is 2.15. The van der Waals surface area contributed by atoms with Crippen molar-refractivity contribution >= 4 is 21.0 Å². The summed E-state index contributed by atoms with van der Waals surface area (Å²) in [6.07, 6.45) is 2.63. The number of piperidine rings is 1. The predicted molar refractivity (Wildman–Crippen MR) is 81.6 cm³/mol. The van der Waals surface area contributed by atoms with E-state index < -0.39 is 15.6 Å². The molecule has 1 aliphatic rings. The molecule has 0 aliphatic carbocycles. The van der Waals surface area contributed by atoms with Crippen LogP contribution in [0.2, 0.25) is 0 Å². The summed E-state index contributed by atoms with van der Waals surface area (Å²) in [5, 5.41) is 0.523. The van der Waals surface area contributed by atoms with E-state index in [2.05, 4.69) is 0 Å². The van der Waals surface area contributed by atoms with Crippen LogP contribution in [0.1, 0.15) is 19.3 Å². The van der Waals surface area contributed by atoms with Crippen molar-refractivity contribution in [1.82, 2.24) is 4.31 Å². The molecular weight excluding hydrogens is 306 g/mol. The van der Waals surface area contributed by atoms with Gasteiger partial charge in [0.05, 0.1) is 7.11 Å². The Kier molecular flexibility index (Phi) is 3.92. The number of fused-ring (bicyclic) bond motifs is 1. The van der Waals surface area contributed by atoms with Crippen LogP contribution in [0.25, 0.3) is 11.0 Å². The standard InChI is InChI=1S/C15H17NO5S/c1-20-12-7-5-6-11-10-13(15(17)21-14(11)12)22(18,19)16-8-3-2-4-9-16/h5-7,10H,2-4,8-9H2,1H3. The van der Waals surface area contributed by atoms with E-state index in [4.69, 9.17) is 9.15 Å². The number of methoxy groups -OCH3 is 1. The normalized spacial score (nSPS) is 16.8. The first kappa shape index (κ1) is 15.1. The molecule has 1 fully saturated rings. The molecule has 6 nitrogen and oxygen atoms in total. The van der Waals surface area contributed by atoms with Crippen LogP contribution in [0.4, 0.5) is 0 Å². The Morgan fingerprint density at radius 3 is 2.59 bits per heavy atom. The molecule has 1 aliphatic heterocycles. The van der Waals surface area contributed by atoms with Crippen molar-refractivity contribution in [3.8, 4) is 5.75 Å². The third-order valence-corrected chi connectivity index (χ3v) is 5.73. The molecular formula is C15H17NO5S. The number of hydrogen-bond donors (Lipinski definition) is 0. The highest BCUT2D eigenvalue weighted by Crippen LogP contribution is 2.27. The highest BCUT2D eigenvalue weighted by molar-refractivity contribution is 7.89. The first-order chi connectivity index (χ1) is 10.5. The van der Waals surface area contributed by atoms with E-state index in [1.54, 1.807) is 18.2 Å². The second-order valence-electron chi connectivity index (χ2n) is 5.24. The molecule has 2 heterocycles. The third kappa shape index (κ3) is 2.50. The lowest BCUT2D eigenvalue weighted by Crippen LogP contribution is -2.37. The van der Waals surface area contributed by atoms with Crippen molar-refractivity contribution in [3.63, 3.8) is 0 Å². The van der Waals surface area contributed by atoms with Gasteiger partial charge < -0.3 is 9.15 Å². The number of para-hydroxylation sites is 1. The summed E-state index contributed by atoms with van der Waals surface area (Å²) in [6, 6.07) is 6.44. The Morgan fingerprint density at radius 2 is 1.91 bits per heavy atom. The zero-order chi connectivity index (χ0) is 15.7. The minimum absolute atomic E-state index is 0.257. The first-order valence-electron chi connectivity index (χ1n) is 7.15. The van der Waals surface area contributed by atoms with Crippen LogP contribution >= 0.6 is 0 Å². The Morgan fingerprint density at radius 1 is 1.18 bits per heavy atom. The SMILES string of the molecule is COc1cccc2cc(S(=O)(=O)N3CCCCC3)c(=O)oc12. The summed E-state index contributed by atoms with van der Waals surface area (Å²) in [5.74, 6) is 0.400. The quantitative estimate of drug-likeness (QED) is 0.807. The fraction of sp³-hybridized carbons (Fsp3) is 0.400. The molecule has 118 valence electrons. The molecule has 0 bridgehead atoms. The average molecular weight is 323 g/mol. The van der Waals surface area contributed by atoms with Crippen LogP contribution in [0.3, 0.4) is 0 Å². The molecule has 0 unspecified atom stereocenters. The molecule has 2 aromatic rings. The molecule has 1 saturated heterocycles. The van der Waals surface area contributed by atoms with Gasteiger partial charge in [-0.2, -0.15) is 4.31 Å². The number of nitrogens with zero attached hydrogens (tertiary/aromatic N) is 1. The first-order valence-corrected chi connectivity index (χ1v) is 8.59. The van der Waals surface area contributed by atoms with Gasteiger partial charge >= 0.3 is 5.63 Å². The van der Waals surface area contributed by atoms with E-state index in [9.17, 15) is 13.2 Å². The van der Waals surface area contributed by atoms with E-state index in [0.717, 1.165) is 19.3 Å². The smallest absolute Gasteiger partial charge is 0.356 e. The van der Waals surface area contributed by atoms with Gasteiger partial charge in [-0.05, 0) is 25.0 Å². The van der Waals surface area contributed by atoms with Gasteiger partial charge in [-0.1, -0.05) is 18.6 Å². The van der Waals surface area contributed by atoms with E-state index in [0.29, 0.717) is 24.2 Å². The lowest BCUT2D eigenvalue weighted by Gasteiger charge is -2.25. The van der Waals surface area contributed by atoms with Crippen molar-refractivity contribution in [3.05, 3.63) is 34.7 Å². The molecule has 0 spiro atoms. The maximum absolute atomic E-state index is 12.6. The second kappa shape index (κ2) is 5.73. The van der Waals surface area contributed by atoms with Crippen LogP contribution in [0.15, 0.2) is 38.4 Å². The van der Waals surface area contributed by atoms with Crippen molar-refractivity contribution in [1.29, 1.82) is 0 Å². The highest BCUT2D eigenvalue weighted by Gasteiger charge is 2.29. The van der Waals surface area contributed by atoms with Crippen LogP contribution < -0.4 is 10.4 Å². The largest absolute Gasteiger partial charge is 0.493 e. The molecule has 0 atom stereocenters. The monoisotopic (exact) mass is 323 g/mol. The molecule has 0 radical (unpaired) electrons. The lowest BCUT2D eigenvalue weighted by atomic mass is 10.2. The minimum atomic E-state index is -3.82. The predicted octanol–water partition coefficient (Wildman–Crippen LogP) is 1.98. The fourth-order valence-corrected chi connectivity index (χ4v) is 4.23. The van der Waals surface area contributed by atoms with Gasteiger partial charge in [0, 0.05) is 18.5 Å². The maximum Gasteiger partial charge on any atom is 0.356 e. The van der Waals surface area contributed by atoms with Crippen LogP contribution in [0.5, 0.6) is 5.75 Å². The van der Waals surface area contributed by atoms with Crippen molar-refractivity contribution < 1.29 is 17.6 Å². The summed E-state index contributed by atoms with van der Waals surface area (Å²) >= 11 is 0. The third-order valence-electron chi connectivity index (χ3n) is 3.84. The zero-order valence-corrected chi connectivity index (χ0v) is 13.1. The van der Waals surface area contributed by atoms with E-state index in [1.165, 1.54) is 17.5 Å². The maximum atomic E-state index is 12.6.